The SMILES string of the molecule is Cc1c(Cl)cccc1NC(=O)C(C)Sc1nc2ccccc2c(=O)n1CC1CCCO1. The number of rotatable bonds is 6. The van der Waals surface area contributed by atoms with Gasteiger partial charge in [0.15, 0.2) is 5.16 Å². The number of amides is 1. The summed E-state index contributed by atoms with van der Waals surface area (Å²) in [5, 5.41) is 4.14. The second kappa shape index (κ2) is 9.42. The second-order valence-electron chi connectivity index (χ2n) is 7.62. The van der Waals surface area contributed by atoms with E-state index < -0.39 is 5.25 Å². The lowest BCUT2D eigenvalue weighted by atomic mass is 10.2. The molecule has 1 aromatic heterocycles. The van der Waals surface area contributed by atoms with Gasteiger partial charge in [0.2, 0.25) is 5.91 Å². The van der Waals surface area contributed by atoms with Crippen LogP contribution in [0.25, 0.3) is 10.9 Å². The van der Waals surface area contributed by atoms with Gasteiger partial charge in [-0.05, 0) is 56.5 Å². The van der Waals surface area contributed by atoms with Crippen molar-refractivity contribution < 1.29 is 9.53 Å². The molecule has 162 valence electrons. The Morgan fingerprint density at radius 1 is 1.32 bits per heavy atom. The van der Waals surface area contributed by atoms with Gasteiger partial charge in [-0.1, -0.05) is 41.6 Å². The third-order valence-corrected chi connectivity index (χ3v) is 6.91. The van der Waals surface area contributed by atoms with Gasteiger partial charge < -0.3 is 10.1 Å². The lowest BCUT2D eigenvalue weighted by Crippen LogP contribution is -2.30. The van der Waals surface area contributed by atoms with Crippen LogP contribution in [0.5, 0.6) is 0 Å². The zero-order valence-corrected chi connectivity index (χ0v) is 19.0. The van der Waals surface area contributed by atoms with Crippen molar-refractivity contribution in [2.24, 2.45) is 0 Å². The molecular weight excluding hydrogens is 434 g/mol. The fraction of sp³-hybridized carbons (Fsp3) is 0.348. The minimum absolute atomic E-state index is 0.0155. The van der Waals surface area contributed by atoms with Gasteiger partial charge in [-0.25, -0.2) is 4.98 Å². The van der Waals surface area contributed by atoms with Crippen molar-refractivity contribution in [3.8, 4) is 0 Å². The molecule has 8 heteroatoms. The predicted molar refractivity (Wildman–Crippen MR) is 125 cm³/mol. The molecule has 0 bridgehead atoms. The second-order valence-corrected chi connectivity index (χ2v) is 9.34. The Morgan fingerprint density at radius 2 is 2.13 bits per heavy atom. The number of anilines is 1. The first-order chi connectivity index (χ1) is 14.9. The number of hydrogen-bond donors (Lipinski definition) is 1. The van der Waals surface area contributed by atoms with E-state index in [1.807, 2.05) is 31.2 Å². The molecule has 2 heterocycles. The predicted octanol–water partition coefficient (Wildman–Crippen LogP) is 4.66. The molecule has 1 saturated heterocycles. The van der Waals surface area contributed by atoms with Gasteiger partial charge in [-0.2, -0.15) is 0 Å². The van der Waals surface area contributed by atoms with Crippen LogP contribution < -0.4 is 10.9 Å². The molecule has 1 aliphatic heterocycles. The number of carbonyl (C=O) groups is 1. The van der Waals surface area contributed by atoms with Crippen LogP contribution in [0.4, 0.5) is 5.69 Å². The summed E-state index contributed by atoms with van der Waals surface area (Å²) >= 11 is 7.44. The molecule has 6 nitrogen and oxygen atoms in total. The molecule has 0 saturated carbocycles. The quantitative estimate of drug-likeness (QED) is 0.430. The van der Waals surface area contributed by atoms with Crippen molar-refractivity contribution in [2.45, 2.75) is 49.7 Å². The number of ether oxygens (including phenoxy) is 1. The third kappa shape index (κ3) is 4.79. The van der Waals surface area contributed by atoms with Crippen LogP contribution in [0.15, 0.2) is 52.4 Å². The average molecular weight is 458 g/mol. The maximum atomic E-state index is 13.2. The van der Waals surface area contributed by atoms with Crippen LogP contribution in [0.1, 0.15) is 25.3 Å². The molecule has 1 amide bonds. The third-order valence-electron chi connectivity index (χ3n) is 5.41. The Morgan fingerprint density at radius 3 is 2.90 bits per heavy atom. The molecule has 2 aromatic carbocycles. The number of fused-ring (bicyclic) bond motifs is 1. The molecule has 3 aromatic rings. The number of carbonyl (C=O) groups excluding carboxylic acids is 1. The molecule has 4 rings (SSSR count). The monoisotopic (exact) mass is 457 g/mol. The molecule has 1 N–H and O–H groups in total. The van der Waals surface area contributed by atoms with E-state index in [9.17, 15) is 9.59 Å². The molecule has 31 heavy (non-hydrogen) atoms. The van der Waals surface area contributed by atoms with E-state index in [0.717, 1.165) is 18.4 Å². The molecule has 0 radical (unpaired) electrons. The molecule has 0 spiro atoms. The summed E-state index contributed by atoms with van der Waals surface area (Å²) in [4.78, 5) is 30.8. The van der Waals surface area contributed by atoms with Crippen LogP contribution in [0.3, 0.4) is 0 Å². The van der Waals surface area contributed by atoms with Gasteiger partial charge in [0.1, 0.15) is 0 Å². The smallest absolute Gasteiger partial charge is 0.262 e. The number of halogens is 1. The van der Waals surface area contributed by atoms with Crippen molar-refractivity contribution in [1.29, 1.82) is 0 Å². The Balaban J connectivity index is 1.62. The summed E-state index contributed by atoms with van der Waals surface area (Å²) in [6, 6.07) is 12.7. The number of benzene rings is 2. The van der Waals surface area contributed by atoms with Crippen LogP contribution in [-0.4, -0.2) is 33.4 Å². The highest BCUT2D eigenvalue weighted by Gasteiger charge is 2.23. The van der Waals surface area contributed by atoms with E-state index >= 15 is 0 Å². The van der Waals surface area contributed by atoms with Gasteiger partial charge in [-0.15, -0.1) is 0 Å². The topological polar surface area (TPSA) is 73.2 Å². The fourth-order valence-electron chi connectivity index (χ4n) is 3.58. The minimum Gasteiger partial charge on any atom is -0.376 e. The number of aromatic nitrogens is 2. The van der Waals surface area contributed by atoms with E-state index in [2.05, 4.69) is 5.32 Å². The molecule has 0 aliphatic carbocycles. The first-order valence-corrected chi connectivity index (χ1v) is 11.5. The zero-order chi connectivity index (χ0) is 22.0. The highest BCUT2D eigenvalue weighted by Crippen LogP contribution is 2.27. The summed E-state index contributed by atoms with van der Waals surface area (Å²) in [5.41, 5.74) is 2.00. The van der Waals surface area contributed by atoms with Crippen molar-refractivity contribution in [2.75, 3.05) is 11.9 Å². The Labute approximate surface area is 190 Å². The molecule has 1 fully saturated rings. The average Bonchev–Trinajstić information content (AvgIpc) is 3.27. The maximum Gasteiger partial charge on any atom is 0.262 e. The number of thioether (sulfide) groups is 1. The van der Waals surface area contributed by atoms with E-state index in [1.54, 1.807) is 29.7 Å². The van der Waals surface area contributed by atoms with Crippen molar-refractivity contribution in [1.82, 2.24) is 9.55 Å². The Bertz CT molecular complexity index is 1170. The van der Waals surface area contributed by atoms with Crippen LogP contribution in [0.2, 0.25) is 5.02 Å². The lowest BCUT2D eigenvalue weighted by molar-refractivity contribution is -0.115. The Kier molecular flexibility index (Phi) is 6.65. The maximum absolute atomic E-state index is 13.2. The lowest BCUT2D eigenvalue weighted by Gasteiger charge is -2.19. The van der Waals surface area contributed by atoms with E-state index in [-0.39, 0.29) is 17.6 Å². The fourth-order valence-corrected chi connectivity index (χ4v) is 4.67. The molecular formula is C23H24ClN3O3S. The molecule has 2 unspecified atom stereocenters. The number of nitrogens with one attached hydrogen (secondary N) is 1. The van der Waals surface area contributed by atoms with Crippen LogP contribution >= 0.6 is 23.4 Å². The largest absolute Gasteiger partial charge is 0.376 e. The van der Waals surface area contributed by atoms with Crippen LogP contribution in [-0.2, 0) is 16.1 Å². The van der Waals surface area contributed by atoms with E-state index in [4.69, 9.17) is 21.3 Å². The van der Waals surface area contributed by atoms with Gasteiger partial charge in [0.25, 0.3) is 5.56 Å². The van der Waals surface area contributed by atoms with Crippen LogP contribution in [0, 0.1) is 6.92 Å². The van der Waals surface area contributed by atoms with Crippen molar-refractivity contribution in [3.63, 3.8) is 0 Å². The molecule has 1 aliphatic rings. The van der Waals surface area contributed by atoms with Gasteiger partial charge in [0.05, 0.1) is 28.8 Å². The van der Waals surface area contributed by atoms with Gasteiger partial charge >= 0.3 is 0 Å². The summed E-state index contributed by atoms with van der Waals surface area (Å²) in [7, 11) is 0. The zero-order valence-electron chi connectivity index (χ0n) is 17.4. The van der Waals surface area contributed by atoms with Crippen molar-refractivity contribution in [3.05, 3.63) is 63.4 Å². The van der Waals surface area contributed by atoms with Gasteiger partial charge in [0, 0.05) is 17.3 Å². The number of nitrogens with zero attached hydrogens (tertiary/aromatic N) is 2. The standard InChI is InChI=1S/C23H24ClN3O3S/c1-14-18(24)9-5-11-19(14)25-21(28)15(2)31-23-26-20-10-4-3-8-17(20)22(29)27(23)13-16-7-6-12-30-16/h3-5,8-11,15-16H,6-7,12-13H2,1-2H3,(H,25,28). The van der Waals surface area contributed by atoms with E-state index in [1.165, 1.54) is 11.8 Å². The first-order valence-electron chi connectivity index (χ1n) is 10.3. The Hall–Kier alpha value is -2.35. The van der Waals surface area contributed by atoms with E-state index in [0.29, 0.717) is 39.9 Å². The first kappa shape index (κ1) is 21.9. The summed E-state index contributed by atoms with van der Waals surface area (Å²) < 4.78 is 7.40. The van der Waals surface area contributed by atoms with Gasteiger partial charge in [-0.3, -0.25) is 14.2 Å². The number of hydrogen-bond acceptors (Lipinski definition) is 5. The highest BCUT2D eigenvalue weighted by atomic mass is 35.5. The normalized spacial score (nSPS) is 17.1. The minimum atomic E-state index is -0.470. The summed E-state index contributed by atoms with van der Waals surface area (Å²) in [6.07, 6.45) is 1.88. The summed E-state index contributed by atoms with van der Waals surface area (Å²) in [5.74, 6) is -0.179. The molecule has 2 atom stereocenters. The van der Waals surface area contributed by atoms with Crippen molar-refractivity contribution >= 4 is 45.9 Å². The number of para-hydroxylation sites is 1. The summed E-state index contributed by atoms with van der Waals surface area (Å²) in [6.45, 7) is 4.80. The highest BCUT2D eigenvalue weighted by molar-refractivity contribution is 8.00.